The third-order valence-electron chi connectivity index (χ3n) is 5.80. The molecular weight excluding hydrogens is 372 g/mol. The maximum Gasteiger partial charge on any atom is 0.223 e. The fraction of sp³-hybridized carbons (Fsp3) is 0.682. The Hall–Kier alpha value is -1.40. The summed E-state index contributed by atoms with van der Waals surface area (Å²) >= 11 is 0. The zero-order chi connectivity index (χ0) is 20.6. The van der Waals surface area contributed by atoms with Crippen LogP contribution in [0.3, 0.4) is 0 Å². The molecule has 0 saturated carbocycles. The van der Waals surface area contributed by atoms with E-state index in [0.717, 1.165) is 30.5 Å². The highest BCUT2D eigenvalue weighted by molar-refractivity contribution is 7.88. The quantitative estimate of drug-likeness (QED) is 0.639. The Bertz CT molecular complexity index is 708. The van der Waals surface area contributed by atoms with Crippen molar-refractivity contribution in [2.24, 2.45) is 11.8 Å². The van der Waals surface area contributed by atoms with E-state index in [4.69, 9.17) is 0 Å². The molecule has 1 aromatic carbocycles. The number of benzene rings is 1. The van der Waals surface area contributed by atoms with E-state index in [0.29, 0.717) is 31.8 Å². The minimum Gasteiger partial charge on any atom is -0.356 e. The summed E-state index contributed by atoms with van der Waals surface area (Å²) in [4.78, 5) is 12.5. The van der Waals surface area contributed by atoms with Crippen LogP contribution in [0.5, 0.6) is 0 Å². The van der Waals surface area contributed by atoms with E-state index in [1.165, 1.54) is 12.8 Å². The molecule has 158 valence electrons. The molecule has 1 fully saturated rings. The van der Waals surface area contributed by atoms with E-state index in [2.05, 4.69) is 19.2 Å². The van der Waals surface area contributed by atoms with Crippen LogP contribution in [0.2, 0.25) is 0 Å². The molecule has 1 heterocycles. The second-order valence-electron chi connectivity index (χ2n) is 8.08. The van der Waals surface area contributed by atoms with Crippen LogP contribution >= 0.6 is 0 Å². The van der Waals surface area contributed by atoms with Gasteiger partial charge in [-0.1, -0.05) is 62.9 Å². The molecule has 0 spiro atoms. The number of nitrogens with one attached hydrogen (secondary N) is 1. The molecule has 0 aromatic heterocycles. The van der Waals surface area contributed by atoms with E-state index in [1.807, 2.05) is 31.2 Å². The number of nitrogens with zero attached hydrogens (tertiary/aromatic N) is 1. The molecule has 1 aromatic rings. The SMILES string of the molecule is CCCC[C@H](CC)CNC(=O)C1CCN(S(=O)(=O)Cc2ccc(C)cc2)CC1. The van der Waals surface area contributed by atoms with Crippen LogP contribution in [-0.2, 0) is 20.6 Å². The third-order valence-corrected chi connectivity index (χ3v) is 7.65. The number of carbonyl (C=O) groups excluding carboxylic acids is 1. The number of carbonyl (C=O) groups is 1. The molecule has 5 nitrogen and oxygen atoms in total. The second kappa shape index (κ2) is 11.0. The highest BCUT2D eigenvalue weighted by Gasteiger charge is 2.31. The fourth-order valence-corrected chi connectivity index (χ4v) is 5.28. The molecule has 1 N–H and O–H groups in total. The highest BCUT2D eigenvalue weighted by atomic mass is 32.2. The summed E-state index contributed by atoms with van der Waals surface area (Å²) in [6.07, 6.45) is 5.82. The summed E-state index contributed by atoms with van der Waals surface area (Å²) < 4.78 is 26.9. The Labute approximate surface area is 170 Å². The highest BCUT2D eigenvalue weighted by Crippen LogP contribution is 2.22. The first-order valence-corrected chi connectivity index (χ1v) is 12.3. The van der Waals surface area contributed by atoms with Gasteiger partial charge < -0.3 is 5.32 Å². The van der Waals surface area contributed by atoms with Crippen molar-refractivity contribution in [3.8, 4) is 0 Å². The molecule has 1 saturated heterocycles. The maximum atomic E-state index is 12.7. The monoisotopic (exact) mass is 408 g/mol. The maximum absolute atomic E-state index is 12.7. The van der Waals surface area contributed by atoms with Crippen LogP contribution in [0.15, 0.2) is 24.3 Å². The molecular formula is C22H36N2O3S. The molecule has 2 rings (SSSR count). The molecule has 6 heteroatoms. The molecule has 0 radical (unpaired) electrons. The fourth-order valence-electron chi connectivity index (χ4n) is 3.71. The molecule has 1 amide bonds. The van der Waals surface area contributed by atoms with Gasteiger partial charge in [0.1, 0.15) is 0 Å². The predicted octanol–water partition coefficient (Wildman–Crippen LogP) is 3.87. The number of amides is 1. The van der Waals surface area contributed by atoms with Crippen molar-refractivity contribution in [2.75, 3.05) is 19.6 Å². The van der Waals surface area contributed by atoms with E-state index < -0.39 is 10.0 Å². The molecule has 0 unspecified atom stereocenters. The Morgan fingerprint density at radius 1 is 1.18 bits per heavy atom. The lowest BCUT2D eigenvalue weighted by atomic mass is 9.95. The van der Waals surface area contributed by atoms with Gasteiger partial charge in [0.15, 0.2) is 0 Å². The largest absolute Gasteiger partial charge is 0.356 e. The van der Waals surface area contributed by atoms with Crippen molar-refractivity contribution in [3.63, 3.8) is 0 Å². The average molecular weight is 409 g/mol. The average Bonchev–Trinajstić information content (AvgIpc) is 2.69. The molecule has 1 aliphatic heterocycles. The Balaban J connectivity index is 1.80. The summed E-state index contributed by atoms with van der Waals surface area (Å²) in [6.45, 7) is 7.94. The van der Waals surface area contributed by atoms with Crippen molar-refractivity contribution >= 4 is 15.9 Å². The van der Waals surface area contributed by atoms with E-state index in [9.17, 15) is 13.2 Å². The Kier molecular flexibility index (Phi) is 8.96. The van der Waals surface area contributed by atoms with Gasteiger partial charge in [0.2, 0.25) is 15.9 Å². The van der Waals surface area contributed by atoms with E-state index >= 15 is 0 Å². The summed E-state index contributed by atoms with van der Waals surface area (Å²) in [5.41, 5.74) is 1.93. The van der Waals surface area contributed by atoms with Crippen molar-refractivity contribution in [3.05, 3.63) is 35.4 Å². The topological polar surface area (TPSA) is 66.5 Å². The van der Waals surface area contributed by atoms with Gasteiger partial charge >= 0.3 is 0 Å². The number of hydrogen-bond acceptors (Lipinski definition) is 3. The van der Waals surface area contributed by atoms with Crippen LogP contribution in [0.25, 0.3) is 0 Å². The van der Waals surface area contributed by atoms with Crippen molar-refractivity contribution in [1.82, 2.24) is 9.62 Å². The minimum atomic E-state index is -3.34. The van der Waals surface area contributed by atoms with Crippen LogP contribution in [0.1, 0.15) is 63.5 Å². The lowest BCUT2D eigenvalue weighted by molar-refractivity contribution is -0.126. The van der Waals surface area contributed by atoms with Crippen molar-refractivity contribution < 1.29 is 13.2 Å². The lowest BCUT2D eigenvalue weighted by Crippen LogP contribution is -2.44. The molecule has 28 heavy (non-hydrogen) atoms. The zero-order valence-corrected chi connectivity index (χ0v) is 18.4. The first-order valence-electron chi connectivity index (χ1n) is 10.7. The number of piperidine rings is 1. The van der Waals surface area contributed by atoms with Gasteiger partial charge in [0.25, 0.3) is 0 Å². The third kappa shape index (κ3) is 6.89. The van der Waals surface area contributed by atoms with Crippen LogP contribution in [0.4, 0.5) is 0 Å². The molecule has 1 aliphatic rings. The van der Waals surface area contributed by atoms with E-state index in [-0.39, 0.29) is 17.6 Å². The molecule has 0 aliphatic carbocycles. The smallest absolute Gasteiger partial charge is 0.223 e. The van der Waals surface area contributed by atoms with Crippen molar-refractivity contribution in [2.45, 2.75) is 65.0 Å². The van der Waals surface area contributed by atoms with Crippen LogP contribution in [-0.4, -0.2) is 38.3 Å². The van der Waals surface area contributed by atoms with Gasteiger partial charge in [0, 0.05) is 25.6 Å². The summed E-state index contributed by atoms with van der Waals surface area (Å²) in [6, 6.07) is 7.61. The summed E-state index contributed by atoms with van der Waals surface area (Å²) in [7, 11) is -3.34. The Morgan fingerprint density at radius 3 is 2.39 bits per heavy atom. The minimum absolute atomic E-state index is 0.0275. The van der Waals surface area contributed by atoms with Gasteiger partial charge in [-0.3, -0.25) is 4.79 Å². The first kappa shape index (κ1) is 22.9. The standard InChI is InChI=1S/C22H36N2O3S/c1-4-6-7-19(5-2)16-23-22(25)21-12-14-24(15-13-21)28(26,27)17-20-10-8-18(3)9-11-20/h8-11,19,21H,4-7,12-17H2,1-3H3,(H,23,25)/t19-/m0/s1. The predicted molar refractivity (Wildman–Crippen MR) is 114 cm³/mol. The summed E-state index contributed by atoms with van der Waals surface area (Å²) in [5.74, 6) is 0.582. The van der Waals surface area contributed by atoms with Gasteiger partial charge in [-0.05, 0) is 37.7 Å². The first-order chi connectivity index (χ1) is 13.4. The number of aryl methyl sites for hydroxylation is 1. The van der Waals surface area contributed by atoms with Crippen molar-refractivity contribution in [1.29, 1.82) is 0 Å². The van der Waals surface area contributed by atoms with Crippen LogP contribution < -0.4 is 5.32 Å². The Morgan fingerprint density at radius 2 is 1.82 bits per heavy atom. The van der Waals surface area contributed by atoms with E-state index in [1.54, 1.807) is 4.31 Å². The molecule has 1 atom stereocenters. The second-order valence-corrected chi connectivity index (χ2v) is 10.0. The van der Waals surface area contributed by atoms with Gasteiger partial charge in [-0.2, -0.15) is 0 Å². The van der Waals surface area contributed by atoms with Gasteiger partial charge in [-0.25, -0.2) is 12.7 Å². The van der Waals surface area contributed by atoms with Crippen LogP contribution in [0, 0.1) is 18.8 Å². The number of sulfonamides is 1. The number of rotatable bonds is 10. The normalized spacial score (nSPS) is 17.4. The van der Waals surface area contributed by atoms with Gasteiger partial charge in [-0.15, -0.1) is 0 Å². The number of unbranched alkanes of at least 4 members (excludes halogenated alkanes) is 1. The number of hydrogen-bond donors (Lipinski definition) is 1. The summed E-state index contributed by atoms with van der Waals surface area (Å²) in [5, 5.41) is 3.10. The van der Waals surface area contributed by atoms with Gasteiger partial charge in [0.05, 0.1) is 5.75 Å². The zero-order valence-electron chi connectivity index (χ0n) is 17.6. The molecule has 0 bridgehead atoms. The lowest BCUT2D eigenvalue weighted by Gasteiger charge is -2.31.